The molecule has 2 unspecified atom stereocenters. The molecule has 1 aromatic rings. The molecule has 0 saturated heterocycles. The van der Waals surface area contributed by atoms with Crippen molar-refractivity contribution in [2.75, 3.05) is 26.8 Å². The Hall–Kier alpha value is -1.43. The zero-order chi connectivity index (χ0) is 14.4. The van der Waals surface area contributed by atoms with Crippen molar-refractivity contribution in [1.29, 1.82) is 0 Å². The summed E-state index contributed by atoms with van der Waals surface area (Å²) in [7, 11) is 1.62. The van der Waals surface area contributed by atoms with E-state index in [1.54, 1.807) is 7.11 Å². The number of fused-ring (bicyclic) bond motifs is 1. The zero-order valence-electron chi connectivity index (χ0n) is 11.9. The zero-order valence-corrected chi connectivity index (χ0v) is 11.9. The van der Waals surface area contributed by atoms with E-state index in [-0.39, 0.29) is 18.0 Å². The lowest BCUT2D eigenvalue weighted by Gasteiger charge is -2.13. The van der Waals surface area contributed by atoms with Crippen LogP contribution in [-0.4, -0.2) is 32.7 Å². The quantitative estimate of drug-likeness (QED) is 0.647. The molecule has 1 aliphatic rings. The van der Waals surface area contributed by atoms with Crippen LogP contribution in [0.5, 0.6) is 0 Å². The van der Waals surface area contributed by atoms with Crippen LogP contribution >= 0.6 is 0 Å². The first-order valence-corrected chi connectivity index (χ1v) is 7.05. The monoisotopic (exact) mass is 277 g/mol. The summed E-state index contributed by atoms with van der Waals surface area (Å²) in [6.45, 7) is 1.76. The molecule has 4 N–H and O–H groups in total. The number of carbonyl (C=O) groups excluding carboxylic acids is 1. The molecule has 5 heteroatoms. The fraction of sp³-hybridized carbons (Fsp3) is 0.533. The highest BCUT2D eigenvalue weighted by atomic mass is 16.5. The van der Waals surface area contributed by atoms with Gasteiger partial charge in [-0.15, -0.1) is 0 Å². The minimum Gasteiger partial charge on any atom is -0.383 e. The first-order valence-electron chi connectivity index (χ1n) is 7.05. The Balaban J connectivity index is 1.74. The minimum atomic E-state index is 0.0464. The van der Waals surface area contributed by atoms with Crippen molar-refractivity contribution < 1.29 is 9.53 Å². The van der Waals surface area contributed by atoms with Crippen LogP contribution in [-0.2, 0) is 9.53 Å². The van der Waals surface area contributed by atoms with E-state index in [1.165, 1.54) is 11.1 Å². The van der Waals surface area contributed by atoms with Crippen LogP contribution in [0.15, 0.2) is 24.3 Å². The van der Waals surface area contributed by atoms with Gasteiger partial charge in [0.1, 0.15) is 0 Å². The van der Waals surface area contributed by atoms with E-state index in [1.807, 2.05) is 12.1 Å². The summed E-state index contributed by atoms with van der Waals surface area (Å²) >= 11 is 0. The number of ether oxygens (including phenoxy) is 1. The molecule has 0 spiro atoms. The van der Waals surface area contributed by atoms with Gasteiger partial charge in [0.05, 0.1) is 6.61 Å². The van der Waals surface area contributed by atoms with Gasteiger partial charge in [-0.1, -0.05) is 24.3 Å². The van der Waals surface area contributed by atoms with E-state index < -0.39 is 0 Å². The number of amides is 1. The maximum atomic E-state index is 11.6. The SMILES string of the molecule is COCCNC(=O)CCNC1CC(N)c2ccccc21. The molecular weight excluding hydrogens is 254 g/mol. The van der Waals surface area contributed by atoms with E-state index in [0.29, 0.717) is 26.1 Å². The van der Waals surface area contributed by atoms with Gasteiger partial charge in [0.25, 0.3) is 0 Å². The summed E-state index contributed by atoms with van der Waals surface area (Å²) < 4.78 is 4.88. The highest BCUT2D eigenvalue weighted by Gasteiger charge is 2.27. The normalized spacial score (nSPS) is 20.7. The van der Waals surface area contributed by atoms with E-state index in [4.69, 9.17) is 10.5 Å². The summed E-state index contributed by atoms with van der Waals surface area (Å²) in [5.41, 5.74) is 8.60. The van der Waals surface area contributed by atoms with Crippen molar-refractivity contribution in [1.82, 2.24) is 10.6 Å². The van der Waals surface area contributed by atoms with Crippen molar-refractivity contribution in [3.05, 3.63) is 35.4 Å². The Morgan fingerprint density at radius 3 is 2.85 bits per heavy atom. The standard InChI is InChI=1S/C15H23N3O2/c1-20-9-8-18-15(19)6-7-17-14-10-13(16)11-4-2-3-5-12(11)14/h2-5,13-14,17H,6-10,16H2,1H3,(H,18,19). The maximum Gasteiger partial charge on any atom is 0.221 e. The Bertz CT molecular complexity index is 450. The summed E-state index contributed by atoms with van der Waals surface area (Å²) in [5, 5.41) is 6.23. The second-order valence-corrected chi connectivity index (χ2v) is 5.07. The molecule has 1 amide bonds. The molecule has 0 aromatic heterocycles. The molecule has 0 heterocycles. The van der Waals surface area contributed by atoms with Crippen LogP contribution in [0.1, 0.15) is 36.1 Å². The fourth-order valence-electron chi connectivity index (χ4n) is 2.61. The van der Waals surface area contributed by atoms with Gasteiger partial charge in [-0.25, -0.2) is 0 Å². The van der Waals surface area contributed by atoms with Crippen LogP contribution in [0.2, 0.25) is 0 Å². The van der Waals surface area contributed by atoms with Gasteiger partial charge >= 0.3 is 0 Å². The lowest BCUT2D eigenvalue weighted by molar-refractivity contribution is -0.121. The van der Waals surface area contributed by atoms with Crippen LogP contribution in [0.4, 0.5) is 0 Å². The lowest BCUT2D eigenvalue weighted by Crippen LogP contribution is -2.31. The average Bonchev–Trinajstić information content (AvgIpc) is 2.77. The summed E-state index contributed by atoms with van der Waals surface area (Å²) in [6, 6.07) is 8.59. The first kappa shape index (κ1) is 15.0. The van der Waals surface area contributed by atoms with Gasteiger partial charge < -0.3 is 21.1 Å². The maximum absolute atomic E-state index is 11.6. The molecular formula is C15H23N3O2. The largest absolute Gasteiger partial charge is 0.383 e. The van der Waals surface area contributed by atoms with E-state index in [0.717, 1.165) is 6.42 Å². The van der Waals surface area contributed by atoms with Crippen molar-refractivity contribution in [3.63, 3.8) is 0 Å². The van der Waals surface area contributed by atoms with E-state index in [9.17, 15) is 4.79 Å². The topological polar surface area (TPSA) is 76.4 Å². The Morgan fingerprint density at radius 1 is 1.35 bits per heavy atom. The third-order valence-electron chi connectivity index (χ3n) is 3.63. The number of nitrogens with two attached hydrogens (primary N) is 1. The number of nitrogens with one attached hydrogen (secondary N) is 2. The predicted octanol–water partition coefficient (Wildman–Crippen LogP) is 0.874. The Morgan fingerprint density at radius 2 is 2.10 bits per heavy atom. The number of hydrogen-bond donors (Lipinski definition) is 3. The summed E-state index contributed by atoms with van der Waals surface area (Å²) in [4.78, 5) is 11.6. The van der Waals surface area contributed by atoms with Crippen LogP contribution in [0.25, 0.3) is 0 Å². The molecule has 20 heavy (non-hydrogen) atoms. The molecule has 5 nitrogen and oxygen atoms in total. The summed E-state index contributed by atoms with van der Waals surface area (Å²) in [5.74, 6) is 0.0464. The second-order valence-electron chi connectivity index (χ2n) is 5.07. The van der Waals surface area contributed by atoms with Gasteiger partial charge in [-0.3, -0.25) is 4.79 Å². The predicted molar refractivity (Wildman–Crippen MR) is 78.2 cm³/mol. The van der Waals surface area contributed by atoms with Gasteiger partial charge in [-0.2, -0.15) is 0 Å². The van der Waals surface area contributed by atoms with Crippen molar-refractivity contribution in [2.24, 2.45) is 5.73 Å². The van der Waals surface area contributed by atoms with E-state index >= 15 is 0 Å². The molecule has 0 radical (unpaired) electrons. The molecule has 0 bridgehead atoms. The Labute approximate surface area is 119 Å². The first-order chi connectivity index (χ1) is 9.72. The lowest BCUT2D eigenvalue weighted by atomic mass is 10.1. The minimum absolute atomic E-state index is 0.0464. The van der Waals surface area contributed by atoms with Crippen LogP contribution in [0.3, 0.4) is 0 Å². The van der Waals surface area contributed by atoms with Gasteiger partial charge in [-0.05, 0) is 17.5 Å². The third-order valence-corrected chi connectivity index (χ3v) is 3.63. The molecule has 110 valence electrons. The molecule has 2 atom stereocenters. The number of benzene rings is 1. The van der Waals surface area contributed by atoms with Gasteiger partial charge in [0, 0.05) is 38.7 Å². The van der Waals surface area contributed by atoms with Crippen molar-refractivity contribution in [3.8, 4) is 0 Å². The number of rotatable bonds is 7. The molecule has 0 fully saturated rings. The van der Waals surface area contributed by atoms with Crippen LogP contribution < -0.4 is 16.4 Å². The number of methoxy groups -OCH3 is 1. The second kappa shape index (κ2) is 7.38. The molecule has 0 saturated carbocycles. The average molecular weight is 277 g/mol. The van der Waals surface area contributed by atoms with Gasteiger partial charge in [0.15, 0.2) is 0 Å². The summed E-state index contributed by atoms with van der Waals surface area (Å²) in [6.07, 6.45) is 1.36. The number of carbonyl (C=O) groups is 1. The van der Waals surface area contributed by atoms with Crippen LogP contribution in [0, 0.1) is 0 Å². The molecule has 1 aliphatic carbocycles. The van der Waals surface area contributed by atoms with Crippen molar-refractivity contribution >= 4 is 5.91 Å². The molecule has 2 rings (SSSR count). The van der Waals surface area contributed by atoms with Gasteiger partial charge in [0.2, 0.25) is 5.91 Å². The fourth-order valence-corrected chi connectivity index (χ4v) is 2.61. The molecule has 1 aromatic carbocycles. The Kier molecular flexibility index (Phi) is 5.52. The highest BCUT2D eigenvalue weighted by molar-refractivity contribution is 5.76. The number of hydrogen-bond acceptors (Lipinski definition) is 4. The highest BCUT2D eigenvalue weighted by Crippen LogP contribution is 2.36. The molecule has 0 aliphatic heterocycles. The smallest absolute Gasteiger partial charge is 0.221 e. The van der Waals surface area contributed by atoms with E-state index in [2.05, 4.69) is 22.8 Å². The third kappa shape index (κ3) is 3.79. The van der Waals surface area contributed by atoms with Crippen molar-refractivity contribution in [2.45, 2.75) is 24.9 Å².